The highest BCUT2D eigenvalue weighted by Crippen LogP contribution is 2.10. The van der Waals surface area contributed by atoms with Crippen molar-refractivity contribution in [3.8, 4) is 0 Å². The van der Waals surface area contributed by atoms with Gasteiger partial charge in [0, 0.05) is 5.97 Å². The molecule has 0 aliphatic carbocycles. The molecule has 0 rings (SSSR count). The van der Waals surface area contributed by atoms with E-state index in [0.29, 0.717) is 0 Å². The number of hydrogen-bond donors (Lipinski definition) is 1. The van der Waals surface area contributed by atoms with E-state index in [4.69, 9.17) is 0 Å². The van der Waals surface area contributed by atoms with Gasteiger partial charge in [-0.2, -0.15) is 0 Å². The topological polar surface area (TPSA) is 56.7 Å². The third kappa shape index (κ3) is 28.3. The van der Waals surface area contributed by atoms with Crippen LogP contribution in [0, 0.1) is 0 Å². The molecule has 0 fully saturated rings. The Balaban J connectivity index is 0. The molecule has 21 heavy (non-hydrogen) atoms. The molecule has 2 N–H and O–H groups in total. The molecule has 3 nitrogen and oxygen atoms in total. The van der Waals surface area contributed by atoms with Gasteiger partial charge in [-0.3, -0.25) is 0 Å². The molecule has 0 heterocycles. The molecule has 0 radical (unpaired) electrons. The normalized spacial score (nSPS) is 10.0. The molecule has 0 spiro atoms. The van der Waals surface area contributed by atoms with Crippen LogP contribution in [0.4, 0.5) is 0 Å². The van der Waals surface area contributed by atoms with Gasteiger partial charge in [0.2, 0.25) is 0 Å². The number of carbonyl (C=O) groups is 1. The zero-order valence-corrected chi connectivity index (χ0v) is 14.8. The minimum absolute atomic E-state index is 0.232. The molecule has 0 unspecified atom stereocenters. The van der Waals surface area contributed by atoms with Gasteiger partial charge in [-0.1, -0.05) is 72.1 Å². The van der Waals surface area contributed by atoms with Gasteiger partial charge >= 0.3 is 0 Å². The van der Waals surface area contributed by atoms with Crippen molar-refractivity contribution in [3.63, 3.8) is 0 Å². The van der Waals surface area contributed by atoms with Gasteiger partial charge in [0.15, 0.2) is 0 Å². The number of unbranched alkanes of at least 4 members (excludes halogenated alkanes) is 8. The summed E-state index contributed by atoms with van der Waals surface area (Å²) in [6, 6.07) is 0. The van der Waals surface area contributed by atoms with E-state index in [1.165, 1.54) is 70.9 Å². The van der Waals surface area contributed by atoms with Gasteiger partial charge in [-0.15, -0.1) is 0 Å². The van der Waals surface area contributed by atoms with Crippen LogP contribution >= 0.6 is 0 Å². The smallest absolute Gasteiger partial charge is 0.0752 e. The number of carbonyl (C=O) groups excluding carboxylic acids is 1. The SMILES string of the molecule is CCCCCCCCCCCC(=O)[O-].CCC[NH2+]CCC. The van der Waals surface area contributed by atoms with Crippen molar-refractivity contribution in [2.45, 2.75) is 97.8 Å². The van der Waals surface area contributed by atoms with Crippen molar-refractivity contribution in [1.29, 1.82) is 0 Å². The minimum Gasteiger partial charge on any atom is -0.550 e. The van der Waals surface area contributed by atoms with Crippen LogP contribution in [0.3, 0.4) is 0 Å². The first kappa shape index (κ1) is 22.7. The van der Waals surface area contributed by atoms with Crippen LogP contribution in [0.5, 0.6) is 0 Å². The van der Waals surface area contributed by atoms with Crippen molar-refractivity contribution >= 4 is 5.97 Å². The maximum atomic E-state index is 10.1. The number of hydrogen-bond acceptors (Lipinski definition) is 2. The Morgan fingerprint density at radius 1 is 0.714 bits per heavy atom. The quantitative estimate of drug-likeness (QED) is 0.501. The van der Waals surface area contributed by atoms with Crippen molar-refractivity contribution in [2.75, 3.05) is 13.1 Å². The van der Waals surface area contributed by atoms with Gasteiger partial charge < -0.3 is 15.2 Å². The minimum atomic E-state index is -0.909. The maximum Gasteiger partial charge on any atom is 0.0752 e. The fraction of sp³-hybridized carbons (Fsp3) is 0.944. The van der Waals surface area contributed by atoms with Crippen LogP contribution in [0.25, 0.3) is 0 Å². The molecular formula is C18H39NO2. The van der Waals surface area contributed by atoms with E-state index >= 15 is 0 Å². The largest absolute Gasteiger partial charge is 0.550 e. The van der Waals surface area contributed by atoms with E-state index in [1.54, 1.807) is 0 Å². The van der Waals surface area contributed by atoms with Gasteiger partial charge in [-0.25, -0.2) is 0 Å². The molecule has 0 bridgehead atoms. The summed E-state index contributed by atoms with van der Waals surface area (Å²) in [4.78, 5) is 10.1. The molecule has 0 aromatic carbocycles. The first-order valence-corrected chi connectivity index (χ1v) is 9.20. The van der Waals surface area contributed by atoms with E-state index in [2.05, 4.69) is 26.1 Å². The molecule has 0 amide bonds. The van der Waals surface area contributed by atoms with Crippen LogP contribution in [0.1, 0.15) is 97.8 Å². The van der Waals surface area contributed by atoms with Gasteiger partial charge in [0.1, 0.15) is 0 Å². The van der Waals surface area contributed by atoms with E-state index < -0.39 is 5.97 Å². The monoisotopic (exact) mass is 301 g/mol. The first-order valence-electron chi connectivity index (χ1n) is 9.20. The zero-order valence-electron chi connectivity index (χ0n) is 14.8. The molecule has 0 aliphatic rings. The van der Waals surface area contributed by atoms with E-state index in [0.717, 1.165) is 12.8 Å². The third-order valence-electron chi connectivity index (χ3n) is 3.47. The Morgan fingerprint density at radius 2 is 1.14 bits per heavy atom. The molecule has 0 saturated carbocycles. The van der Waals surface area contributed by atoms with Crippen molar-refractivity contribution in [3.05, 3.63) is 0 Å². The Kier molecular flexibility index (Phi) is 23.5. The highest BCUT2D eigenvalue weighted by Gasteiger charge is 1.92. The Bertz CT molecular complexity index is 192. The summed E-state index contributed by atoms with van der Waals surface area (Å²) in [6.07, 6.45) is 13.8. The fourth-order valence-electron chi connectivity index (χ4n) is 2.13. The van der Waals surface area contributed by atoms with Gasteiger partial charge in [0.25, 0.3) is 0 Å². The summed E-state index contributed by atoms with van der Waals surface area (Å²) in [5.41, 5.74) is 0. The number of aliphatic carboxylic acids is 1. The van der Waals surface area contributed by atoms with Gasteiger partial charge in [0.05, 0.1) is 13.1 Å². The Morgan fingerprint density at radius 3 is 1.52 bits per heavy atom. The second-order valence-electron chi connectivity index (χ2n) is 5.82. The lowest BCUT2D eigenvalue weighted by molar-refractivity contribution is -0.654. The molecule has 0 atom stereocenters. The van der Waals surface area contributed by atoms with Crippen LogP contribution in [-0.2, 0) is 4.79 Å². The molecule has 0 aromatic rings. The second kappa shape index (κ2) is 21.7. The van der Waals surface area contributed by atoms with Crippen LogP contribution in [0.15, 0.2) is 0 Å². The van der Waals surface area contributed by atoms with E-state index in [-0.39, 0.29) is 6.42 Å². The molecular weight excluding hydrogens is 262 g/mol. The van der Waals surface area contributed by atoms with Crippen LogP contribution in [0.2, 0.25) is 0 Å². The summed E-state index contributed by atoms with van der Waals surface area (Å²) in [7, 11) is 0. The summed E-state index contributed by atoms with van der Waals surface area (Å²) in [5.74, 6) is -0.909. The standard InChI is InChI=1S/C12H24O2.C6H15N/c1-2-3-4-5-6-7-8-9-10-11-12(13)14;1-3-5-7-6-4-2/h2-11H2,1H3,(H,13,14);7H,3-6H2,1-2H3. The lowest BCUT2D eigenvalue weighted by Gasteiger charge is -2.02. The maximum absolute atomic E-state index is 10.1. The van der Waals surface area contributed by atoms with E-state index in [9.17, 15) is 9.90 Å². The third-order valence-corrected chi connectivity index (χ3v) is 3.47. The summed E-state index contributed by atoms with van der Waals surface area (Å²) >= 11 is 0. The predicted molar refractivity (Wildman–Crippen MR) is 89.1 cm³/mol. The summed E-state index contributed by atoms with van der Waals surface area (Å²) in [5, 5.41) is 12.5. The second-order valence-corrected chi connectivity index (χ2v) is 5.82. The fourth-order valence-corrected chi connectivity index (χ4v) is 2.13. The summed E-state index contributed by atoms with van der Waals surface area (Å²) < 4.78 is 0. The van der Waals surface area contributed by atoms with E-state index in [1.807, 2.05) is 0 Å². The lowest BCUT2D eigenvalue weighted by Crippen LogP contribution is -2.84. The zero-order chi connectivity index (χ0) is 16.2. The van der Waals surface area contributed by atoms with Crippen molar-refractivity contribution < 1.29 is 15.2 Å². The van der Waals surface area contributed by atoms with Crippen molar-refractivity contribution in [1.82, 2.24) is 0 Å². The molecule has 0 saturated heterocycles. The number of rotatable bonds is 14. The Labute approximate surface area is 132 Å². The average molecular weight is 302 g/mol. The highest BCUT2D eigenvalue weighted by atomic mass is 16.4. The number of nitrogens with two attached hydrogens (primary N) is 1. The van der Waals surface area contributed by atoms with Gasteiger partial charge in [-0.05, 0) is 25.7 Å². The highest BCUT2D eigenvalue weighted by molar-refractivity contribution is 5.63. The number of carboxylic acid groups (broad SMARTS) is 1. The molecule has 3 heteroatoms. The number of carboxylic acids is 1. The predicted octanol–water partition coefficient (Wildman–Crippen LogP) is 3.03. The summed E-state index contributed by atoms with van der Waals surface area (Å²) in [6.45, 7) is 9.25. The first-order chi connectivity index (χ1) is 10.2. The van der Waals surface area contributed by atoms with Crippen molar-refractivity contribution in [2.24, 2.45) is 0 Å². The van der Waals surface area contributed by atoms with Crippen LogP contribution < -0.4 is 10.4 Å². The molecule has 0 aromatic heterocycles. The number of quaternary nitrogens is 1. The van der Waals surface area contributed by atoms with Crippen LogP contribution in [-0.4, -0.2) is 19.1 Å². The molecule has 0 aliphatic heterocycles. The Hall–Kier alpha value is -0.570. The lowest BCUT2D eigenvalue weighted by atomic mass is 10.1. The molecule has 128 valence electrons. The average Bonchev–Trinajstić information content (AvgIpc) is 2.46.